The molecule has 1 atom stereocenters. The Balaban J connectivity index is 1.97. The molecule has 3 nitrogen and oxygen atoms in total. The monoisotopic (exact) mass is 336 g/mol. The highest BCUT2D eigenvalue weighted by Gasteiger charge is 2.14. The van der Waals surface area contributed by atoms with Crippen molar-refractivity contribution in [2.45, 2.75) is 39.8 Å². The first-order valence-corrected chi connectivity index (χ1v) is 8.86. The predicted octanol–water partition coefficient (Wildman–Crippen LogP) is 3.44. The van der Waals surface area contributed by atoms with Gasteiger partial charge in [0.1, 0.15) is 18.7 Å². The van der Waals surface area contributed by atoms with Gasteiger partial charge in [-0.05, 0) is 36.1 Å². The lowest BCUT2D eigenvalue weighted by atomic mass is 9.95. The van der Waals surface area contributed by atoms with Gasteiger partial charge in [0.05, 0.1) is 7.05 Å². The first kappa shape index (κ1) is 17.4. The van der Waals surface area contributed by atoms with E-state index in [4.69, 9.17) is 4.42 Å². The van der Waals surface area contributed by atoms with Crippen molar-refractivity contribution < 1.29 is 9.32 Å². The molecule has 0 radical (unpaired) electrons. The summed E-state index contributed by atoms with van der Waals surface area (Å²) in [6.07, 6.45) is 0. The number of hydrogen-bond acceptors (Lipinski definition) is 2. The summed E-state index contributed by atoms with van der Waals surface area (Å²) in [5.41, 5.74) is 5.26. The molecule has 1 N–H and O–H groups in total. The Morgan fingerprint density at radius 3 is 2.44 bits per heavy atom. The molecule has 0 saturated carbocycles. The highest BCUT2D eigenvalue weighted by Crippen LogP contribution is 2.26. The van der Waals surface area contributed by atoms with Gasteiger partial charge < -0.3 is 9.32 Å². The molecule has 0 spiro atoms. The van der Waals surface area contributed by atoms with E-state index in [0.29, 0.717) is 11.5 Å². The average molecular weight is 336 g/mol. The fourth-order valence-electron chi connectivity index (χ4n) is 3.49. The Hall–Kier alpha value is -2.39. The molecule has 1 heterocycles. The van der Waals surface area contributed by atoms with Crippen molar-refractivity contribution in [2.24, 2.45) is 0 Å². The zero-order chi connectivity index (χ0) is 18.0. The van der Waals surface area contributed by atoms with Crippen LogP contribution in [0.4, 0.5) is 0 Å². The standard InChI is InChI=1S/C22H25NO2/c1-15(2)19-12-20-18(11-22(24)25-21(20)10-16(19)3)14-23(4)13-17-8-6-5-7-9-17/h5-12,15H,13-14H2,1-4H3/p+1. The molecule has 0 saturated heterocycles. The quantitative estimate of drug-likeness (QED) is 0.724. The molecule has 0 aliphatic heterocycles. The number of aryl methyl sites for hydroxylation is 1. The lowest BCUT2D eigenvalue weighted by Crippen LogP contribution is -3.06. The fraction of sp³-hybridized carbons (Fsp3) is 0.318. The van der Waals surface area contributed by atoms with Crippen molar-refractivity contribution in [1.82, 2.24) is 0 Å². The average Bonchev–Trinajstić information content (AvgIpc) is 2.54. The van der Waals surface area contributed by atoms with Crippen molar-refractivity contribution in [3.8, 4) is 0 Å². The van der Waals surface area contributed by atoms with E-state index in [1.807, 2.05) is 12.1 Å². The number of quaternary nitrogens is 1. The van der Waals surface area contributed by atoms with Crippen LogP contribution in [0.3, 0.4) is 0 Å². The molecule has 1 aromatic heterocycles. The minimum atomic E-state index is -0.272. The molecule has 0 aliphatic carbocycles. The molecule has 3 aromatic rings. The fourth-order valence-corrected chi connectivity index (χ4v) is 3.49. The van der Waals surface area contributed by atoms with Crippen LogP contribution in [-0.4, -0.2) is 7.05 Å². The molecule has 0 fully saturated rings. The molecule has 0 amide bonds. The van der Waals surface area contributed by atoms with Gasteiger partial charge in [-0.25, -0.2) is 4.79 Å². The second-order valence-corrected chi connectivity index (χ2v) is 7.25. The molecule has 3 rings (SSSR count). The van der Waals surface area contributed by atoms with Gasteiger partial charge in [0.25, 0.3) is 0 Å². The van der Waals surface area contributed by atoms with Crippen molar-refractivity contribution >= 4 is 11.0 Å². The maximum absolute atomic E-state index is 12.0. The number of nitrogens with one attached hydrogen (secondary N) is 1. The minimum Gasteiger partial charge on any atom is -0.423 e. The smallest absolute Gasteiger partial charge is 0.336 e. The molecule has 130 valence electrons. The van der Waals surface area contributed by atoms with E-state index >= 15 is 0 Å². The molecular formula is C22H26NO2+. The van der Waals surface area contributed by atoms with E-state index in [1.165, 1.54) is 21.6 Å². The third kappa shape index (κ3) is 3.99. The van der Waals surface area contributed by atoms with Crippen molar-refractivity contribution in [3.05, 3.63) is 81.2 Å². The topological polar surface area (TPSA) is 34.6 Å². The van der Waals surface area contributed by atoms with Gasteiger partial charge in [-0.15, -0.1) is 0 Å². The van der Waals surface area contributed by atoms with Crippen molar-refractivity contribution in [2.75, 3.05) is 7.05 Å². The van der Waals surface area contributed by atoms with Gasteiger partial charge in [0.15, 0.2) is 0 Å². The minimum absolute atomic E-state index is 0.272. The SMILES string of the molecule is Cc1cc2oc(=O)cc(C[NH+](C)Cc3ccccc3)c2cc1C(C)C. The summed E-state index contributed by atoms with van der Waals surface area (Å²) in [5.74, 6) is 0.443. The van der Waals surface area contributed by atoms with Crippen LogP contribution in [0, 0.1) is 6.92 Å². The summed E-state index contributed by atoms with van der Waals surface area (Å²) in [5, 5.41) is 1.06. The van der Waals surface area contributed by atoms with Crippen LogP contribution in [0.5, 0.6) is 0 Å². The first-order chi connectivity index (χ1) is 11.9. The van der Waals surface area contributed by atoms with Crippen LogP contribution in [0.1, 0.15) is 42.0 Å². The summed E-state index contributed by atoms with van der Waals surface area (Å²) in [6, 6.07) is 16.3. The van der Waals surface area contributed by atoms with Gasteiger partial charge >= 0.3 is 5.63 Å². The maximum atomic E-state index is 12.0. The van der Waals surface area contributed by atoms with Crippen LogP contribution in [-0.2, 0) is 13.1 Å². The summed E-state index contributed by atoms with van der Waals surface area (Å²) in [7, 11) is 2.16. The van der Waals surface area contributed by atoms with Crippen LogP contribution in [0.15, 0.2) is 57.7 Å². The van der Waals surface area contributed by atoms with Gasteiger partial charge in [-0.3, -0.25) is 0 Å². The van der Waals surface area contributed by atoms with Crippen LogP contribution >= 0.6 is 0 Å². The second-order valence-electron chi connectivity index (χ2n) is 7.25. The van der Waals surface area contributed by atoms with Gasteiger partial charge in [-0.1, -0.05) is 44.2 Å². The number of fused-ring (bicyclic) bond motifs is 1. The van der Waals surface area contributed by atoms with E-state index in [1.54, 1.807) is 6.07 Å². The Labute approximate surface area is 148 Å². The van der Waals surface area contributed by atoms with Crippen LogP contribution < -0.4 is 10.5 Å². The highest BCUT2D eigenvalue weighted by atomic mass is 16.4. The Kier molecular flexibility index (Phi) is 5.05. The summed E-state index contributed by atoms with van der Waals surface area (Å²) < 4.78 is 5.45. The normalized spacial score (nSPS) is 12.7. The van der Waals surface area contributed by atoms with Crippen LogP contribution in [0.2, 0.25) is 0 Å². The van der Waals surface area contributed by atoms with Gasteiger partial charge in [0.2, 0.25) is 0 Å². The van der Waals surface area contributed by atoms with Crippen molar-refractivity contribution in [1.29, 1.82) is 0 Å². The van der Waals surface area contributed by atoms with Crippen LogP contribution in [0.25, 0.3) is 11.0 Å². The Bertz CT molecular complexity index is 926. The molecule has 2 aromatic carbocycles. The molecule has 1 unspecified atom stereocenters. The Morgan fingerprint density at radius 2 is 1.76 bits per heavy atom. The zero-order valence-corrected chi connectivity index (χ0v) is 15.4. The zero-order valence-electron chi connectivity index (χ0n) is 15.4. The number of rotatable bonds is 5. The second kappa shape index (κ2) is 7.24. The van der Waals surface area contributed by atoms with Gasteiger partial charge in [0, 0.05) is 22.6 Å². The molecular weight excluding hydrogens is 310 g/mol. The molecule has 0 aliphatic rings. The number of hydrogen-bond donors (Lipinski definition) is 1. The van der Waals surface area contributed by atoms with Crippen molar-refractivity contribution in [3.63, 3.8) is 0 Å². The molecule has 0 bridgehead atoms. The summed E-state index contributed by atoms with van der Waals surface area (Å²) >= 11 is 0. The molecule has 3 heteroatoms. The van der Waals surface area contributed by atoms with E-state index < -0.39 is 0 Å². The van der Waals surface area contributed by atoms with Gasteiger partial charge in [-0.2, -0.15) is 0 Å². The summed E-state index contributed by atoms with van der Waals surface area (Å²) in [6.45, 7) is 8.18. The summed E-state index contributed by atoms with van der Waals surface area (Å²) in [4.78, 5) is 13.3. The third-order valence-electron chi connectivity index (χ3n) is 4.68. The maximum Gasteiger partial charge on any atom is 0.336 e. The highest BCUT2D eigenvalue weighted by molar-refractivity contribution is 5.82. The van der Waals surface area contributed by atoms with E-state index in [9.17, 15) is 4.79 Å². The lowest BCUT2D eigenvalue weighted by Gasteiger charge is -2.16. The van der Waals surface area contributed by atoms with E-state index in [0.717, 1.165) is 24.0 Å². The predicted molar refractivity (Wildman–Crippen MR) is 102 cm³/mol. The first-order valence-electron chi connectivity index (χ1n) is 8.86. The number of benzene rings is 2. The lowest BCUT2D eigenvalue weighted by molar-refractivity contribution is -0.907. The largest absolute Gasteiger partial charge is 0.423 e. The van der Waals surface area contributed by atoms with E-state index in [-0.39, 0.29) is 5.63 Å². The Morgan fingerprint density at radius 1 is 1.04 bits per heavy atom. The third-order valence-corrected chi connectivity index (χ3v) is 4.68. The molecule has 25 heavy (non-hydrogen) atoms. The van der Waals surface area contributed by atoms with E-state index in [2.05, 4.69) is 58.2 Å².